The maximum absolute atomic E-state index is 10.4. The summed E-state index contributed by atoms with van der Waals surface area (Å²) in [7, 11) is 0. The van der Waals surface area contributed by atoms with Crippen LogP contribution in [0.3, 0.4) is 0 Å². The van der Waals surface area contributed by atoms with E-state index in [2.05, 4.69) is 10.8 Å². The molecule has 0 saturated carbocycles. The molecule has 23 heavy (non-hydrogen) atoms. The third-order valence-electron chi connectivity index (χ3n) is 3.10. The summed E-state index contributed by atoms with van der Waals surface area (Å²) in [4.78, 5) is 15.7. The van der Waals surface area contributed by atoms with Crippen LogP contribution in [0.15, 0.2) is 60.7 Å². The van der Waals surface area contributed by atoms with Gasteiger partial charge in [0.15, 0.2) is 6.61 Å². The maximum atomic E-state index is 10.4. The van der Waals surface area contributed by atoms with Gasteiger partial charge in [-0.05, 0) is 11.1 Å². The first kappa shape index (κ1) is 17.1. The second-order valence-electron chi connectivity index (χ2n) is 4.83. The van der Waals surface area contributed by atoms with E-state index in [4.69, 9.17) is 22.2 Å². The second kappa shape index (κ2) is 8.99. The number of carboxylic acids is 1. The van der Waals surface area contributed by atoms with Crippen molar-refractivity contribution in [3.8, 4) is 0 Å². The summed E-state index contributed by atoms with van der Waals surface area (Å²) in [6.07, 6.45) is 0. The van der Waals surface area contributed by atoms with E-state index in [9.17, 15) is 4.79 Å². The largest absolute Gasteiger partial charge is 0.479 e. The molecule has 0 atom stereocenters. The summed E-state index contributed by atoms with van der Waals surface area (Å²) < 4.78 is 0. The lowest BCUT2D eigenvalue weighted by atomic mass is 9.99. The number of carbonyl (C=O) groups is 1. The smallest absolute Gasteiger partial charge is 0.331 e. The first-order valence-electron chi connectivity index (χ1n) is 7.12. The van der Waals surface area contributed by atoms with Gasteiger partial charge in [0.2, 0.25) is 0 Å². The zero-order chi connectivity index (χ0) is 16.5. The molecule has 0 aromatic heterocycles. The zero-order valence-corrected chi connectivity index (χ0v) is 13.3. The number of hydrogen-bond donors (Lipinski definition) is 3. The number of rotatable bonds is 8. The molecule has 0 heterocycles. The Morgan fingerprint density at radius 3 is 2.04 bits per heavy atom. The number of thiocarbonyl (C=S) groups is 1. The Hall–Kier alpha value is -2.28. The van der Waals surface area contributed by atoms with Crippen molar-refractivity contribution >= 4 is 23.2 Å². The Balaban J connectivity index is 2.01. The zero-order valence-electron chi connectivity index (χ0n) is 12.4. The summed E-state index contributed by atoms with van der Waals surface area (Å²) in [6, 6.07) is 19.9. The summed E-state index contributed by atoms with van der Waals surface area (Å²) in [5.74, 6) is -1.04. The van der Waals surface area contributed by atoms with Crippen LogP contribution in [-0.4, -0.2) is 29.2 Å². The minimum Gasteiger partial charge on any atom is -0.479 e. The molecular formula is C17H18N2O3S. The van der Waals surface area contributed by atoms with Gasteiger partial charge in [-0.3, -0.25) is 4.84 Å². The van der Waals surface area contributed by atoms with Crippen LogP contribution in [0.5, 0.6) is 0 Å². The molecule has 0 aliphatic carbocycles. The highest BCUT2D eigenvalue weighted by atomic mass is 32.1. The van der Waals surface area contributed by atoms with Crippen molar-refractivity contribution in [3.63, 3.8) is 0 Å². The fourth-order valence-electron chi connectivity index (χ4n) is 2.09. The second-order valence-corrected chi connectivity index (χ2v) is 5.32. The van der Waals surface area contributed by atoms with E-state index >= 15 is 0 Å². The van der Waals surface area contributed by atoms with E-state index in [1.54, 1.807) is 0 Å². The number of carboxylic acid groups (broad SMARTS) is 1. The molecule has 0 spiro atoms. The lowest BCUT2D eigenvalue weighted by molar-refractivity contribution is -0.144. The van der Waals surface area contributed by atoms with Crippen LogP contribution in [0.1, 0.15) is 17.2 Å². The minimum absolute atomic E-state index is 0.0776. The first-order valence-corrected chi connectivity index (χ1v) is 7.53. The van der Waals surface area contributed by atoms with Crippen LogP contribution >= 0.6 is 12.2 Å². The predicted molar refractivity (Wildman–Crippen MR) is 92.1 cm³/mol. The number of hydroxylamine groups is 1. The van der Waals surface area contributed by atoms with Crippen LogP contribution < -0.4 is 10.8 Å². The van der Waals surface area contributed by atoms with Crippen LogP contribution in [0.25, 0.3) is 0 Å². The van der Waals surface area contributed by atoms with E-state index in [1.807, 2.05) is 60.7 Å². The Bertz CT molecular complexity index is 595. The number of hydrogen-bond acceptors (Lipinski definition) is 4. The predicted octanol–water partition coefficient (Wildman–Crippen LogP) is 2.30. The molecule has 2 aromatic rings. The van der Waals surface area contributed by atoms with Gasteiger partial charge in [0, 0.05) is 0 Å². The van der Waals surface area contributed by atoms with Crippen molar-refractivity contribution in [2.75, 3.05) is 13.2 Å². The molecule has 2 rings (SSSR count). The quantitative estimate of drug-likeness (QED) is 0.392. The van der Waals surface area contributed by atoms with Gasteiger partial charge in [0.1, 0.15) is 0 Å². The molecule has 0 amide bonds. The van der Waals surface area contributed by atoms with E-state index in [0.717, 1.165) is 11.1 Å². The van der Waals surface area contributed by atoms with Crippen LogP contribution in [-0.2, 0) is 9.63 Å². The Labute approximate surface area is 140 Å². The lowest BCUT2D eigenvalue weighted by Gasteiger charge is -2.21. The molecule has 0 aliphatic heterocycles. The lowest BCUT2D eigenvalue weighted by Crippen LogP contribution is -2.36. The van der Waals surface area contributed by atoms with Gasteiger partial charge in [-0.2, -0.15) is 5.48 Å². The highest BCUT2D eigenvalue weighted by Crippen LogP contribution is 2.21. The number of nitrogens with one attached hydrogen (secondary N) is 2. The highest BCUT2D eigenvalue weighted by molar-refractivity contribution is 7.80. The molecule has 2 aromatic carbocycles. The Morgan fingerprint density at radius 1 is 1.04 bits per heavy atom. The molecule has 0 unspecified atom stereocenters. The van der Waals surface area contributed by atoms with Crippen LogP contribution in [0.2, 0.25) is 0 Å². The molecular weight excluding hydrogens is 312 g/mol. The average molecular weight is 330 g/mol. The number of aliphatic carboxylic acids is 1. The fraction of sp³-hybridized carbons (Fsp3) is 0.176. The fourth-order valence-corrected chi connectivity index (χ4v) is 2.27. The van der Waals surface area contributed by atoms with E-state index in [1.165, 1.54) is 0 Å². The third kappa shape index (κ3) is 5.78. The topological polar surface area (TPSA) is 70.6 Å². The van der Waals surface area contributed by atoms with Crippen molar-refractivity contribution in [2.45, 2.75) is 6.04 Å². The van der Waals surface area contributed by atoms with Gasteiger partial charge < -0.3 is 10.4 Å². The molecule has 0 radical (unpaired) electrons. The van der Waals surface area contributed by atoms with Crippen LogP contribution in [0.4, 0.5) is 0 Å². The van der Waals surface area contributed by atoms with Gasteiger partial charge in [-0.15, -0.1) is 0 Å². The molecule has 0 aliphatic rings. The van der Waals surface area contributed by atoms with Crippen molar-refractivity contribution < 1.29 is 14.7 Å². The van der Waals surface area contributed by atoms with Crippen molar-refractivity contribution in [1.82, 2.24) is 10.8 Å². The van der Waals surface area contributed by atoms with E-state index < -0.39 is 12.6 Å². The molecule has 0 saturated heterocycles. The van der Waals surface area contributed by atoms with Crippen molar-refractivity contribution in [1.29, 1.82) is 0 Å². The van der Waals surface area contributed by atoms with Crippen LogP contribution in [0, 0.1) is 0 Å². The molecule has 0 bridgehead atoms. The van der Waals surface area contributed by atoms with Gasteiger partial charge >= 0.3 is 5.97 Å². The summed E-state index contributed by atoms with van der Waals surface area (Å²) in [5.41, 5.74) is 4.72. The summed E-state index contributed by atoms with van der Waals surface area (Å²) in [5, 5.41) is 11.8. The summed E-state index contributed by atoms with van der Waals surface area (Å²) >= 11 is 5.31. The highest BCUT2D eigenvalue weighted by Gasteiger charge is 2.14. The number of benzene rings is 2. The molecule has 6 heteroatoms. The third-order valence-corrected chi connectivity index (χ3v) is 3.36. The SMILES string of the molecule is O=C(O)CONCC(=S)NC(c1ccccc1)c1ccccc1. The van der Waals surface area contributed by atoms with Gasteiger partial charge in [0.25, 0.3) is 0 Å². The van der Waals surface area contributed by atoms with E-state index in [0.29, 0.717) is 4.99 Å². The van der Waals surface area contributed by atoms with Crippen molar-refractivity contribution in [2.24, 2.45) is 0 Å². The molecule has 5 nitrogen and oxygen atoms in total. The van der Waals surface area contributed by atoms with Gasteiger partial charge in [-0.1, -0.05) is 72.9 Å². The standard InChI is InChI=1S/C17H18N2O3S/c20-16(21)12-22-18-11-15(23)19-17(13-7-3-1-4-8-13)14-9-5-2-6-10-14/h1-10,17-18H,11-12H2,(H,19,23)(H,20,21). The van der Waals surface area contributed by atoms with Crippen molar-refractivity contribution in [3.05, 3.63) is 71.8 Å². The molecule has 3 N–H and O–H groups in total. The normalized spacial score (nSPS) is 10.5. The van der Waals surface area contributed by atoms with Gasteiger partial charge in [0.05, 0.1) is 17.6 Å². The monoisotopic (exact) mass is 330 g/mol. The molecule has 120 valence electrons. The Kier molecular flexibility index (Phi) is 6.68. The minimum atomic E-state index is -1.04. The average Bonchev–Trinajstić information content (AvgIpc) is 2.58. The molecule has 0 fully saturated rings. The first-order chi connectivity index (χ1) is 11.2. The van der Waals surface area contributed by atoms with Gasteiger partial charge in [-0.25, -0.2) is 4.79 Å². The van der Waals surface area contributed by atoms with E-state index in [-0.39, 0.29) is 12.6 Å². The maximum Gasteiger partial charge on any atom is 0.331 e. The summed E-state index contributed by atoms with van der Waals surface area (Å²) in [6.45, 7) is -0.178. The Morgan fingerprint density at radius 2 is 1.57 bits per heavy atom.